The van der Waals surface area contributed by atoms with Gasteiger partial charge in [0.05, 0.1) is 11.4 Å². The lowest BCUT2D eigenvalue weighted by molar-refractivity contribution is 0.128. The Morgan fingerprint density at radius 1 is 1.40 bits per heavy atom. The highest BCUT2D eigenvalue weighted by molar-refractivity contribution is 7.13. The van der Waals surface area contributed by atoms with Crippen molar-refractivity contribution in [3.63, 3.8) is 0 Å². The third-order valence-corrected chi connectivity index (χ3v) is 5.22. The summed E-state index contributed by atoms with van der Waals surface area (Å²) in [6.45, 7) is 5.42. The van der Waals surface area contributed by atoms with Gasteiger partial charge in [-0.25, -0.2) is 0 Å². The summed E-state index contributed by atoms with van der Waals surface area (Å²) in [6.07, 6.45) is 1.28. The predicted octanol–water partition coefficient (Wildman–Crippen LogP) is 1.84. The maximum absolute atomic E-state index is 5.39. The van der Waals surface area contributed by atoms with Gasteiger partial charge in [-0.05, 0) is 49.3 Å². The first kappa shape index (κ1) is 12.5. The summed E-state index contributed by atoms with van der Waals surface area (Å²) >= 11 is 1.64. The summed E-state index contributed by atoms with van der Waals surface area (Å²) in [5.74, 6) is 3.12. The Bertz CT molecular complexity index is 568. The number of hydrogen-bond acceptors (Lipinski definition) is 6. The van der Waals surface area contributed by atoms with Crippen LogP contribution in [0.4, 0.5) is 0 Å². The van der Waals surface area contributed by atoms with Crippen molar-refractivity contribution in [3.05, 3.63) is 23.4 Å². The Morgan fingerprint density at radius 2 is 2.35 bits per heavy atom. The van der Waals surface area contributed by atoms with Crippen LogP contribution in [0.15, 0.2) is 22.0 Å². The van der Waals surface area contributed by atoms with Gasteiger partial charge in [-0.2, -0.15) is 4.98 Å². The minimum atomic E-state index is 0.715. The number of rotatable bonds is 3. The van der Waals surface area contributed by atoms with Crippen molar-refractivity contribution in [1.29, 1.82) is 0 Å². The SMILES string of the molecule is c1csc(-c2noc(CN3CCC4CNCC4C3)n2)c1. The standard InChI is InChI=1S/C14H18N4OS/c1-2-12(20-5-1)14-16-13(19-17-14)9-18-4-3-10-6-15-7-11(10)8-18/h1-2,5,10-11,15H,3-4,6-9H2. The Hall–Kier alpha value is -1.24. The molecule has 106 valence electrons. The van der Waals surface area contributed by atoms with E-state index in [4.69, 9.17) is 4.52 Å². The van der Waals surface area contributed by atoms with Gasteiger partial charge in [0, 0.05) is 6.54 Å². The minimum absolute atomic E-state index is 0.715. The van der Waals surface area contributed by atoms with Gasteiger partial charge in [-0.3, -0.25) is 4.90 Å². The summed E-state index contributed by atoms with van der Waals surface area (Å²) in [5, 5.41) is 9.60. The summed E-state index contributed by atoms with van der Waals surface area (Å²) in [5.41, 5.74) is 0. The van der Waals surface area contributed by atoms with E-state index >= 15 is 0 Å². The molecular formula is C14H18N4OS. The van der Waals surface area contributed by atoms with Gasteiger partial charge in [-0.15, -0.1) is 11.3 Å². The fraction of sp³-hybridized carbons (Fsp3) is 0.571. The monoisotopic (exact) mass is 290 g/mol. The number of fused-ring (bicyclic) bond motifs is 1. The molecule has 2 unspecified atom stereocenters. The summed E-state index contributed by atoms with van der Waals surface area (Å²) in [4.78, 5) is 8.02. The zero-order chi connectivity index (χ0) is 13.4. The van der Waals surface area contributed by atoms with Crippen LogP contribution in [0.1, 0.15) is 12.3 Å². The van der Waals surface area contributed by atoms with Crippen molar-refractivity contribution in [1.82, 2.24) is 20.4 Å². The van der Waals surface area contributed by atoms with Crippen molar-refractivity contribution in [3.8, 4) is 10.7 Å². The van der Waals surface area contributed by atoms with Gasteiger partial charge in [0.1, 0.15) is 0 Å². The molecule has 2 aromatic rings. The highest BCUT2D eigenvalue weighted by Crippen LogP contribution is 2.27. The topological polar surface area (TPSA) is 54.2 Å². The Labute approximate surface area is 122 Å². The van der Waals surface area contributed by atoms with Crippen LogP contribution in [0.5, 0.6) is 0 Å². The summed E-state index contributed by atoms with van der Waals surface area (Å²) < 4.78 is 5.39. The first-order valence-electron chi connectivity index (χ1n) is 7.18. The van der Waals surface area contributed by atoms with Gasteiger partial charge in [-0.1, -0.05) is 11.2 Å². The lowest BCUT2D eigenvalue weighted by atomic mass is 9.89. The molecule has 0 aliphatic carbocycles. The van der Waals surface area contributed by atoms with Crippen LogP contribution >= 0.6 is 11.3 Å². The maximum Gasteiger partial charge on any atom is 0.241 e. The average molecular weight is 290 g/mol. The summed E-state index contributed by atoms with van der Waals surface area (Å²) in [7, 11) is 0. The third-order valence-electron chi connectivity index (χ3n) is 4.36. The van der Waals surface area contributed by atoms with Gasteiger partial charge < -0.3 is 9.84 Å². The summed E-state index contributed by atoms with van der Waals surface area (Å²) in [6, 6.07) is 4.03. The highest BCUT2D eigenvalue weighted by Gasteiger charge is 2.33. The van der Waals surface area contributed by atoms with E-state index in [2.05, 4.69) is 20.4 Å². The zero-order valence-corrected chi connectivity index (χ0v) is 12.1. The molecule has 0 bridgehead atoms. The normalized spacial score (nSPS) is 26.8. The smallest absolute Gasteiger partial charge is 0.241 e. The van der Waals surface area contributed by atoms with E-state index < -0.39 is 0 Å². The molecule has 20 heavy (non-hydrogen) atoms. The Kier molecular flexibility index (Phi) is 3.29. The molecule has 2 saturated heterocycles. The van der Waals surface area contributed by atoms with Crippen LogP contribution in [0, 0.1) is 11.8 Å². The van der Waals surface area contributed by atoms with Gasteiger partial charge in [0.25, 0.3) is 0 Å². The van der Waals surface area contributed by atoms with Crippen LogP contribution < -0.4 is 5.32 Å². The second kappa shape index (κ2) is 5.27. The fourth-order valence-corrected chi connectivity index (χ4v) is 3.92. The molecule has 5 nitrogen and oxygen atoms in total. The molecule has 2 aliphatic rings. The molecule has 6 heteroatoms. The molecule has 2 atom stereocenters. The first-order valence-corrected chi connectivity index (χ1v) is 8.06. The van der Waals surface area contributed by atoms with E-state index in [1.807, 2.05) is 17.5 Å². The minimum Gasteiger partial charge on any atom is -0.338 e. The lowest BCUT2D eigenvalue weighted by Gasteiger charge is -2.33. The molecule has 2 aliphatic heterocycles. The van der Waals surface area contributed by atoms with E-state index in [0.29, 0.717) is 5.82 Å². The molecule has 4 rings (SSSR count). The second-order valence-corrected chi connectivity index (χ2v) is 6.64. The van der Waals surface area contributed by atoms with Crippen molar-refractivity contribution in [2.75, 3.05) is 26.2 Å². The quantitative estimate of drug-likeness (QED) is 0.935. The fourth-order valence-electron chi connectivity index (χ4n) is 3.27. The lowest BCUT2D eigenvalue weighted by Crippen LogP contribution is -2.39. The number of thiophene rings is 1. The van der Waals surface area contributed by atoms with Gasteiger partial charge in [0.2, 0.25) is 11.7 Å². The molecule has 0 aromatic carbocycles. The van der Waals surface area contributed by atoms with Crippen LogP contribution in [-0.2, 0) is 6.54 Å². The third kappa shape index (κ3) is 2.39. The number of hydrogen-bond donors (Lipinski definition) is 1. The molecule has 2 aromatic heterocycles. The number of aromatic nitrogens is 2. The second-order valence-electron chi connectivity index (χ2n) is 5.69. The van der Waals surface area contributed by atoms with Crippen molar-refractivity contribution in [2.45, 2.75) is 13.0 Å². The molecule has 0 amide bonds. The van der Waals surface area contributed by atoms with Crippen molar-refractivity contribution in [2.24, 2.45) is 11.8 Å². The Balaban J connectivity index is 1.42. The molecule has 4 heterocycles. The van der Waals surface area contributed by atoms with E-state index in [9.17, 15) is 0 Å². The van der Waals surface area contributed by atoms with Crippen molar-refractivity contribution >= 4 is 11.3 Å². The Morgan fingerprint density at radius 3 is 3.25 bits per heavy atom. The molecule has 0 saturated carbocycles. The molecular weight excluding hydrogens is 272 g/mol. The van der Waals surface area contributed by atoms with Crippen LogP contribution in [0.2, 0.25) is 0 Å². The zero-order valence-electron chi connectivity index (χ0n) is 11.3. The van der Waals surface area contributed by atoms with Gasteiger partial charge >= 0.3 is 0 Å². The highest BCUT2D eigenvalue weighted by atomic mass is 32.1. The van der Waals surface area contributed by atoms with Crippen molar-refractivity contribution < 1.29 is 4.52 Å². The van der Waals surface area contributed by atoms with E-state index in [1.165, 1.54) is 13.0 Å². The molecule has 2 fully saturated rings. The number of likely N-dealkylation sites (tertiary alicyclic amines) is 1. The largest absolute Gasteiger partial charge is 0.338 e. The van der Waals surface area contributed by atoms with Gasteiger partial charge in [0.15, 0.2) is 0 Å². The van der Waals surface area contributed by atoms with Crippen LogP contribution in [0.3, 0.4) is 0 Å². The molecule has 0 radical (unpaired) electrons. The molecule has 1 N–H and O–H groups in total. The van der Waals surface area contributed by atoms with E-state index in [0.717, 1.165) is 48.8 Å². The first-order chi connectivity index (χ1) is 9.88. The van der Waals surface area contributed by atoms with E-state index in [1.54, 1.807) is 11.3 Å². The average Bonchev–Trinajstić information content (AvgIpc) is 3.19. The van der Waals surface area contributed by atoms with Crippen LogP contribution in [0.25, 0.3) is 10.7 Å². The van der Waals surface area contributed by atoms with E-state index in [-0.39, 0.29) is 0 Å². The number of nitrogens with zero attached hydrogens (tertiary/aromatic N) is 3. The number of piperidine rings is 1. The maximum atomic E-state index is 5.39. The van der Waals surface area contributed by atoms with Crippen LogP contribution in [-0.4, -0.2) is 41.2 Å². The number of nitrogens with one attached hydrogen (secondary N) is 1. The molecule has 0 spiro atoms. The predicted molar refractivity (Wildman–Crippen MR) is 77.4 cm³/mol.